The Morgan fingerprint density at radius 2 is 0.349 bits per heavy atom. The van der Waals surface area contributed by atoms with E-state index >= 15 is 0 Å². The molecule has 720 valence electrons. The fourth-order valence-electron chi connectivity index (χ4n) is 15.3. The lowest BCUT2D eigenvalue weighted by molar-refractivity contribution is 0.0515. The lowest BCUT2D eigenvalue weighted by Crippen LogP contribution is -2.50. The summed E-state index contributed by atoms with van der Waals surface area (Å²) < 4.78 is 33.4. The number of piperidine rings is 3. The Kier molecular flexibility index (Phi) is 36.3. The topological polar surface area (TPSA) is 424 Å². The number of piperazine rings is 3. The third-order valence-electron chi connectivity index (χ3n) is 21.3. The minimum absolute atomic E-state index is 0.346. The number of carbonyl (C=O) groups is 6. The average molecular weight is 1810 g/mol. The minimum atomic E-state index is -0.659. The third-order valence-corrected chi connectivity index (χ3v) is 21.3. The van der Waals surface area contributed by atoms with Crippen molar-refractivity contribution >= 4 is 108 Å². The van der Waals surface area contributed by atoms with Crippen LogP contribution in [0.25, 0.3) is 0 Å². The summed E-state index contributed by atoms with van der Waals surface area (Å²) in [6, 6.07) is 0. The molecule has 0 unspecified atom stereocenters. The van der Waals surface area contributed by atoms with Gasteiger partial charge in [0.1, 0.15) is 33.6 Å². The highest BCUT2D eigenvalue weighted by molar-refractivity contribution is 5.70. The molecule has 4 aromatic heterocycles. The zero-order chi connectivity index (χ0) is 93.1. The van der Waals surface area contributed by atoms with Gasteiger partial charge < -0.3 is 119 Å². The van der Waals surface area contributed by atoms with Crippen LogP contribution < -0.4 is 90.7 Å². The molecule has 129 heavy (non-hydrogen) atoms. The van der Waals surface area contributed by atoms with Gasteiger partial charge in [-0.05, 0) is 221 Å². The molecule has 6 saturated heterocycles. The maximum absolute atomic E-state index is 12.9. The normalized spacial score (nSPS) is 16.4. The summed E-state index contributed by atoms with van der Waals surface area (Å²) in [5, 5.41) is 17.5. The molecule has 6 aliphatic heterocycles. The van der Waals surface area contributed by atoms with E-state index in [-0.39, 0.29) is 0 Å². The highest BCUT2D eigenvalue weighted by atomic mass is 16.6. The number of nitrogens with one attached hydrogen (secondary N) is 6. The van der Waals surface area contributed by atoms with Crippen LogP contribution in [0.1, 0.15) is 221 Å². The number of alkyl carbamates (subject to hydrolysis) is 6. The first-order valence-corrected chi connectivity index (χ1v) is 46.9. The Hall–Kier alpha value is -10.7. The highest BCUT2D eigenvalue weighted by Gasteiger charge is 2.35. The molecule has 0 saturated carbocycles. The summed E-state index contributed by atoms with van der Waals surface area (Å²) in [5.41, 5.74) is -3.95. The van der Waals surface area contributed by atoms with Gasteiger partial charge in [-0.1, -0.05) is 0 Å². The lowest BCUT2D eigenvalue weighted by Gasteiger charge is -2.39. The van der Waals surface area contributed by atoms with Gasteiger partial charge in [0.2, 0.25) is 71.4 Å². The molecule has 0 aromatic carbocycles. The van der Waals surface area contributed by atoms with Crippen molar-refractivity contribution < 1.29 is 57.2 Å². The Labute approximate surface area is 763 Å². The predicted molar refractivity (Wildman–Crippen MR) is 501 cm³/mol. The average Bonchev–Trinajstić information content (AvgIpc) is 0.755. The van der Waals surface area contributed by atoms with Crippen LogP contribution in [0.4, 0.5) is 100 Å². The summed E-state index contributed by atoms with van der Waals surface area (Å²) in [7, 11) is 0. The summed E-state index contributed by atoms with van der Waals surface area (Å²) >= 11 is 0. The van der Waals surface area contributed by atoms with Crippen molar-refractivity contribution in [3.63, 3.8) is 0 Å². The zero-order valence-corrected chi connectivity index (χ0v) is 80.5. The molecule has 0 radical (unpaired) electrons. The molecule has 0 atom stereocenters. The van der Waals surface area contributed by atoms with Gasteiger partial charge in [0.15, 0.2) is 0 Å². The Morgan fingerprint density at radius 3 is 0.488 bits per heavy atom. The van der Waals surface area contributed by atoms with Crippen molar-refractivity contribution in [1.29, 1.82) is 0 Å². The molecular formula is C87H150N30O12. The van der Waals surface area contributed by atoms with Gasteiger partial charge in [0.05, 0.1) is 0 Å². The summed E-state index contributed by atoms with van der Waals surface area (Å²) in [4.78, 5) is 167. The molecule has 0 aliphatic carbocycles. The van der Waals surface area contributed by atoms with E-state index in [1.807, 2.05) is 125 Å². The van der Waals surface area contributed by atoms with Crippen LogP contribution in [0, 0.1) is 0 Å². The molecule has 6 aliphatic rings. The number of amides is 6. The van der Waals surface area contributed by atoms with Gasteiger partial charge in [-0.2, -0.15) is 59.8 Å². The van der Waals surface area contributed by atoms with Crippen molar-refractivity contribution in [1.82, 2.24) is 91.7 Å². The van der Waals surface area contributed by atoms with E-state index in [9.17, 15) is 28.8 Å². The van der Waals surface area contributed by atoms with Gasteiger partial charge in [-0.15, -0.1) is 0 Å². The molecule has 6 N–H and O–H groups in total. The number of carbonyl (C=O) groups excluding carboxylic acids is 6. The van der Waals surface area contributed by atoms with Crippen molar-refractivity contribution in [3.05, 3.63) is 0 Å². The molecule has 6 amide bonds. The van der Waals surface area contributed by atoms with E-state index in [2.05, 4.69) is 90.7 Å². The van der Waals surface area contributed by atoms with E-state index in [4.69, 9.17) is 88.2 Å². The fraction of sp³-hybridized carbons (Fsp3) is 0.793. The SMILES string of the molecule is CC(C)(C)OC(=O)NCCCN(CCCNC(=O)OC(C)(C)C)c1nc(N2CCCCC2)nc(N2CCN(c3nc(N4CCN(c5nc(N6CCCCC6)nc(N(CCCNC(=O)OC(C)(C)C)CCCNC(=O)OC(C)(C)C)n5)CC4)nc(N4CCN(c5nc(N6CCCCC6)nc(N(CCCNC(=O)OC(C)(C)C)CCCNC(=O)OC(C)(C)C)n5)CC4)n3)CC2)n1. The van der Waals surface area contributed by atoms with Crippen molar-refractivity contribution in [3.8, 4) is 0 Å². The largest absolute Gasteiger partial charge is 0.444 e. The fourth-order valence-corrected chi connectivity index (χ4v) is 15.3. The van der Waals surface area contributed by atoms with E-state index in [0.29, 0.717) is 267 Å². The first-order chi connectivity index (χ1) is 61.1. The van der Waals surface area contributed by atoms with Crippen LogP contribution in [0.15, 0.2) is 0 Å². The van der Waals surface area contributed by atoms with E-state index < -0.39 is 70.2 Å². The Balaban J connectivity index is 0.945. The Bertz CT molecular complexity index is 3670. The molecule has 10 rings (SSSR count). The van der Waals surface area contributed by atoms with Gasteiger partial charge in [0.25, 0.3) is 0 Å². The number of anilines is 12. The molecule has 6 fully saturated rings. The van der Waals surface area contributed by atoms with Crippen LogP contribution in [0.3, 0.4) is 0 Å². The number of ether oxygens (including phenoxy) is 6. The lowest BCUT2D eigenvalue weighted by atomic mass is 10.1. The highest BCUT2D eigenvalue weighted by Crippen LogP contribution is 2.32. The van der Waals surface area contributed by atoms with Gasteiger partial charge >= 0.3 is 36.6 Å². The predicted octanol–water partition coefficient (Wildman–Crippen LogP) is 9.29. The van der Waals surface area contributed by atoms with Crippen molar-refractivity contribution in [2.45, 2.75) is 255 Å². The van der Waals surface area contributed by atoms with Crippen LogP contribution >= 0.6 is 0 Å². The van der Waals surface area contributed by atoms with Gasteiger partial charge in [0, 0.05) is 196 Å². The molecule has 0 spiro atoms. The number of rotatable bonds is 36. The summed E-state index contributed by atoms with van der Waals surface area (Å²) in [6.07, 6.45) is 9.71. The van der Waals surface area contributed by atoms with E-state index in [0.717, 1.165) is 97.1 Å². The molecule has 4 aromatic rings. The van der Waals surface area contributed by atoms with E-state index in [1.54, 1.807) is 0 Å². The number of hydrogen-bond acceptors (Lipinski definition) is 36. The summed E-state index contributed by atoms with van der Waals surface area (Å²) in [5.74, 6) is 6.50. The summed E-state index contributed by atoms with van der Waals surface area (Å²) in [6.45, 7) is 49.0. The minimum Gasteiger partial charge on any atom is -0.444 e. The molecule has 10 heterocycles. The van der Waals surface area contributed by atoms with Gasteiger partial charge in [-0.25, -0.2) is 28.8 Å². The van der Waals surface area contributed by atoms with Crippen LogP contribution in [-0.2, 0) is 28.4 Å². The smallest absolute Gasteiger partial charge is 0.407 e. The molecular weight excluding hydrogens is 1660 g/mol. The van der Waals surface area contributed by atoms with Crippen molar-refractivity contribution in [2.24, 2.45) is 0 Å². The van der Waals surface area contributed by atoms with Crippen LogP contribution in [0.5, 0.6) is 0 Å². The second-order valence-corrected chi connectivity index (χ2v) is 39.7. The first-order valence-electron chi connectivity index (χ1n) is 46.9. The van der Waals surface area contributed by atoms with Crippen LogP contribution in [0.2, 0.25) is 0 Å². The molecule has 0 bridgehead atoms. The molecule has 42 nitrogen and oxygen atoms in total. The zero-order valence-electron chi connectivity index (χ0n) is 80.5. The van der Waals surface area contributed by atoms with Crippen molar-refractivity contribution in [2.75, 3.05) is 255 Å². The van der Waals surface area contributed by atoms with Gasteiger partial charge in [-0.3, -0.25) is 0 Å². The number of aromatic nitrogens is 12. The second-order valence-electron chi connectivity index (χ2n) is 39.7. The standard InChI is InChI=1S/C87H150N30O12/c1-82(2,3)124-76(118)88-34-28-46-109(47-29-35-89-77(119)125-83(4,5)6)67-94-64(106-40-22-19-23-41-106)97-70(100-67)112-52-58-115(59-53-112)73-103-74(116-60-54-113(55-61-116)71-98-65(107-42-24-20-25-43-107)95-68(101-71)110(48-30-36-90-78(120)126-84(7,8)9)49-31-37-91-79(121)127-85(10,11)12)105-75(104-73)117-62-56-114(57-63-117)72-99-66(108-44-26-21-27-45-108)96-69(102-72)111(50-32-38-92-80(122)128-86(13,14)15)51-33-39-93-81(123)129-87(16,17)18/h19-63H2,1-18H3,(H,88,118)(H,89,119)(H,90,120)(H,91,121)(H,92,122)(H,93,123). The molecule has 42 heteroatoms. The maximum Gasteiger partial charge on any atom is 0.407 e. The maximum atomic E-state index is 12.9. The third kappa shape index (κ3) is 34.9. The quantitative estimate of drug-likeness (QED) is 0.0182. The monoisotopic (exact) mass is 1810 g/mol. The second kappa shape index (κ2) is 46.7. The number of nitrogens with zero attached hydrogens (tertiary/aromatic N) is 24. The number of hydrogen-bond donors (Lipinski definition) is 6. The first kappa shape index (κ1) is 100. The Morgan fingerprint density at radius 1 is 0.217 bits per heavy atom. The van der Waals surface area contributed by atoms with Crippen LogP contribution in [-0.4, -0.2) is 326 Å². The van der Waals surface area contributed by atoms with E-state index in [1.165, 1.54) is 0 Å².